The Morgan fingerprint density at radius 1 is 1.30 bits per heavy atom. The highest BCUT2D eigenvalue weighted by molar-refractivity contribution is 7.99. The van der Waals surface area contributed by atoms with Crippen LogP contribution in [0.5, 0.6) is 0 Å². The van der Waals surface area contributed by atoms with Gasteiger partial charge in [-0.3, -0.25) is 4.90 Å². The summed E-state index contributed by atoms with van der Waals surface area (Å²) in [4.78, 5) is 2.26. The maximum atomic E-state index is 13.4. The summed E-state index contributed by atoms with van der Waals surface area (Å²) in [5.74, 6) is 1.88. The normalized spacial score (nSPS) is 15.2. The molecule has 5 heteroatoms. The van der Waals surface area contributed by atoms with Gasteiger partial charge in [-0.05, 0) is 29.3 Å². The van der Waals surface area contributed by atoms with E-state index in [1.54, 1.807) is 6.07 Å². The predicted molar refractivity (Wildman–Crippen MR) is 78.2 cm³/mol. The van der Waals surface area contributed by atoms with Crippen LogP contribution in [0.3, 0.4) is 0 Å². The largest absolute Gasteiger partial charge is 0.297 e. The van der Waals surface area contributed by atoms with E-state index in [1.807, 2.05) is 23.9 Å². The number of nitriles is 2. The van der Waals surface area contributed by atoms with Gasteiger partial charge in [0.1, 0.15) is 23.5 Å². The third-order valence-electron chi connectivity index (χ3n) is 3.14. The summed E-state index contributed by atoms with van der Waals surface area (Å²) in [5, 5.41) is 17.7. The molecule has 0 atom stereocenters. The van der Waals surface area contributed by atoms with Crippen molar-refractivity contribution in [2.45, 2.75) is 6.54 Å². The lowest BCUT2D eigenvalue weighted by atomic mass is 10.0. The highest BCUT2D eigenvalue weighted by Crippen LogP contribution is 2.19. The van der Waals surface area contributed by atoms with Crippen LogP contribution < -0.4 is 0 Å². The van der Waals surface area contributed by atoms with E-state index in [0.717, 1.165) is 35.7 Å². The predicted octanol–water partition coefficient (Wildman–Crippen LogP) is 2.81. The van der Waals surface area contributed by atoms with Crippen LogP contribution in [0.15, 0.2) is 23.8 Å². The molecule has 1 saturated heterocycles. The second-order valence-corrected chi connectivity index (χ2v) is 5.74. The number of thioether (sulfide) groups is 1. The first-order chi connectivity index (χ1) is 9.72. The molecule has 0 unspecified atom stereocenters. The summed E-state index contributed by atoms with van der Waals surface area (Å²) in [6, 6.07) is 8.13. The van der Waals surface area contributed by atoms with Crippen molar-refractivity contribution >= 4 is 17.8 Å². The number of benzene rings is 1. The Labute approximate surface area is 122 Å². The molecule has 0 bridgehead atoms. The van der Waals surface area contributed by atoms with E-state index in [0.29, 0.717) is 6.54 Å². The van der Waals surface area contributed by atoms with Gasteiger partial charge in [-0.25, -0.2) is 4.39 Å². The molecule has 1 fully saturated rings. The zero-order chi connectivity index (χ0) is 14.4. The van der Waals surface area contributed by atoms with Crippen molar-refractivity contribution in [1.82, 2.24) is 4.90 Å². The van der Waals surface area contributed by atoms with E-state index in [1.165, 1.54) is 18.2 Å². The number of hydrogen-bond acceptors (Lipinski definition) is 4. The summed E-state index contributed by atoms with van der Waals surface area (Å²) < 4.78 is 13.4. The number of hydrogen-bond donors (Lipinski definition) is 0. The SMILES string of the molecule is N#CC(C#N)=Cc1ccc(F)cc1CN1CCSCC1. The first kappa shape index (κ1) is 14.6. The van der Waals surface area contributed by atoms with E-state index in [2.05, 4.69) is 4.90 Å². The fourth-order valence-corrected chi connectivity index (χ4v) is 3.08. The Morgan fingerprint density at radius 3 is 2.65 bits per heavy atom. The molecule has 1 aliphatic rings. The van der Waals surface area contributed by atoms with Crippen molar-refractivity contribution in [1.29, 1.82) is 10.5 Å². The molecule has 0 N–H and O–H groups in total. The molecule has 1 aromatic carbocycles. The van der Waals surface area contributed by atoms with Crippen LogP contribution in [-0.2, 0) is 6.54 Å². The first-order valence-corrected chi connectivity index (χ1v) is 7.49. The van der Waals surface area contributed by atoms with Gasteiger partial charge >= 0.3 is 0 Å². The monoisotopic (exact) mass is 287 g/mol. The minimum Gasteiger partial charge on any atom is -0.297 e. The lowest BCUT2D eigenvalue weighted by Crippen LogP contribution is -2.32. The molecule has 1 aromatic rings. The minimum atomic E-state index is -0.293. The quantitative estimate of drug-likeness (QED) is 0.802. The third kappa shape index (κ3) is 3.84. The van der Waals surface area contributed by atoms with Crippen molar-refractivity contribution in [3.8, 4) is 12.1 Å². The first-order valence-electron chi connectivity index (χ1n) is 6.33. The van der Waals surface area contributed by atoms with Crippen LogP contribution in [0.25, 0.3) is 6.08 Å². The molecule has 0 aliphatic carbocycles. The van der Waals surface area contributed by atoms with Gasteiger partial charge < -0.3 is 0 Å². The van der Waals surface area contributed by atoms with E-state index in [-0.39, 0.29) is 11.4 Å². The molecule has 1 aliphatic heterocycles. The third-order valence-corrected chi connectivity index (χ3v) is 4.09. The van der Waals surface area contributed by atoms with Gasteiger partial charge in [0, 0.05) is 31.1 Å². The molecule has 1 heterocycles. The fraction of sp³-hybridized carbons (Fsp3) is 0.333. The standard InChI is InChI=1S/C15H14FN3S/c16-15-2-1-13(7-12(9-17)10-18)14(8-15)11-19-3-5-20-6-4-19/h1-2,7-8H,3-6,11H2. The van der Waals surface area contributed by atoms with Crippen molar-refractivity contribution in [2.75, 3.05) is 24.6 Å². The van der Waals surface area contributed by atoms with Crippen LogP contribution in [0, 0.1) is 28.5 Å². The van der Waals surface area contributed by atoms with Crippen LogP contribution in [0.4, 0.5) is 4.39 Å². The zero-order valence-corrected chi connectivity index (χ0v) is 11.8. The number of nitrogens with zero attached hydrogens (tertiary/aromatic N) is 3. The molecule has 2 rings (SSSR count). The van der Waals surface area contributed by atoms with Crippen LogP contribution >= 0.6 is 11.8 Å². The smallest absolute Gasteiger partial charge is 0.130 e. The second kappa shape index (κ2) is 7.09. The molecule has 102 valence electrons. The van der Waals surface area contributed by atoms with Crippen molar-refractivity contribution < 1.29 is 4.39 Å². The molecule has 0 spiro atoms. The maximum absolute atomic E-state index is 13.4. The molecule has 3 nitrogen and oxygen atoms in total. The molecule has 0 aromatic heterocycles. The lowest BCUT2D eigenvalue weighted by Gasteiger charge is -2.26. The molecular weight excluding hydrogens is 273 g/mol. The fourth-order valence-electron chi connectivity index (χ4n) is 2.10. The van der Waals surface area contributed by atoms with E-state index in [9.17, 15) is 4.39 Å². The average molecular weight is 287 g/mol. The van der Waals surface area contributed by atoms with Gasteiger partial charge in [-0.1, -0.05) is 6.07 Å². The number of allylic oxidation sites excluding steroid dienone is 1. The lowest BCUT2D eigenvalue weighted by molar-refractivity contribution is 0.294. The second-order valence-electron chi connectivity index (χ2n) is 4.51. The van der Waals surface area contributed by atoms with E-state index < -0.39 is 0 Å². The van der Waals surface area contributed by atoms with Crippen LogP contribution in [-0.4, -0.2) is 29.5 Å². The van der Waals surface area contributed by atoms with Gasteiger partial charge in [-0.15, -0.1) is 0 Å². The Morgan fingerprint density at radius 2 is 2.00 bits per heavy atom. The molecule has 20 heavy (non-hydrogen) atoms. The van der Waals surface area contributed by atoms with Crippen LogP contribution in [0.2, 0.25) is 0 Å². The molecular formula is C15H14FN3S. The van der Waals surface area contributed by atoms with Gasteiger partial charge in [0.15, 0.2) is 0 Å². The Kier molecular flexibility index (Phi) is 5.17. The number of halogens is 1. The molecule has 0 radical (unpaired) electrons. The Bertz CT molecular complexity index is 576. The number of rotatable bonds is 3. The van der Waals surface area contributed by atoms with Gasteiger partial charge in [-0.2, -0.15) is 22.3 Å². The van der Waals surface area contributed by atoms with E-state index in [4.69, 9.17) is 10.5 Å². The summed E-state index contributed by atoms with van der Waals surface area (Å²) in [6.07, 6.45) is 1.52. The zero-order valence-electron chi connectivity index (χ0n) is 11.0. The minimum absolute atomic E-state index is 0.0343. The summed E-state index contributed by atoms with van der Waals surface area (Å²) in [6.45, 7) is 2.61. The van der Waals surface area contributed by atoms with Crippen molar-refractivity contribution in [3.63, 3.8) is 0 Å². The van der Waals surface area contributed by atoms with Crippen molar-refractivity contribution in [3.05, 3.63) is 40.7 Å². The maximum Gasteiger partial charge on any atom is 0.130 e. The Balaban J connectivity index is 2.26. The molecule has 0 saturated carbocycles. The van der Waals surface area contributed by atoms with Gasteiger partial charge in [0.05, 0.1) is 0 Å². The summed E-state index contributed by atoms with van der Waals surface area (Å²) in [7, 11) is 0. The van der Waals surface area contributed by atoms with Crippen LogP contribution in [0.1, 0.15) is 11.1 Å². The Hall–Kier alpha value is -1.82. The average Bonchev–Trinajstić information content (AvgIpc) is 2.48. The van der Waals surface area contributed by atoms with E-state index >= 15 is 0 Å². The molecule has 0 amide bonds. The highest BCUT2D eigenvalue weighted by atomic mass is 32.2. The topological polar surface area (TPSA) is 50.8 Å². The highest BCUT2D eigenvalue weighted by Gasteiger charge is 2.13. The van der Waals surface area contributed by atoms with Gasteiger partial charge in [0.25, 0.3) is 0 Å². The summed E-state index contributed by atoms with van der Waals surface area (Å²) in [5.41, 5.74) is 1.59. The summed E-state index contributed by atoms with van der Waals surface area (Å²) >= 11 is 1.92. The van der Waals surface area contributed by atoms with Gasteiger partial charge in [0.2, 0.25) is 0 Å². The van der Waals surface area contributed by atoms with Crippen molar-refractivity contribution in [2.24, 2.45) is 0 Å².